The van der Waals surface area contributed by atoms with E-state index in [1.54, 1.807) is 0 Å². The Balaban J connectivity index is 2.15. The fourth-order valence-corrected chi connectivity index (χ4v) is 1.59. The first-order valence-electron chi connectivity index (χ1n) is 4.77. The Morgan fingerprint density at radius 3 is 3.17 bits per heavy atom. The maximum absolute atomic E-state index is 5.37. The van der Waals surface area contributed by atoms with Gasteiger partial charge >= 0.3 is 0 Å². The lowest BCUT2D eigenvalue weighted by Crippen LogP contribution is -2.41. The van der Waals surface area contributed by atoms with Crippen molar-refractivity contribution in [1.82, 2.24) is 5.32 Å². The molecule has 0 aromatic rings. The molecule has 2 nitrogen and oxygen atoms in total. The van der Waals surface area contributed by atoms with Crippen LogP contribution in [0.15, 0.2) is 12.7 Å². The van der Waals surface area contributed by atoms with Crippen LogP contribution in [0.4, 0.5) is 0 Å². The van der Waals surface area contributed by atoms with E-state index >= 15 is 0 Å². The fourth-order valence-electron chi connectivity index (χ4n) is 1.59. The maximum Gasteiger partial charge on any atom is 0.0619 e. The predicted molar refractivity (Wildman–Crippen MR) is 51.3 cm³/mol. The van der Waals surface area contributed by atoms with E-state index in [9.17, 15) is 0 Å². The van der Waals surface area contributed by atoms with Gasteiger partial charge in [-0.1, -0.05) is 6.08 Å². The van der Waals surface area contributed by atoms with E-state index in [4.69, 9.17) is 4.74 Å². The van der Waals surface area contributed by atoms with E-state index in [1.165, 1.54) is 12.8 Å². The molecule has 1 rings (SSSR count). The lowest BCUT2D eigenvalue weighted by atomic mass is 10.1. The average molecular weight is 169 g/mol. The SMILES string of the molecule is C=CCC(C)NC1CCCOC1. The third-order valence-electron chi connectivity index (χ3n) is 2.20. The quantitative estimate of drug-likeness (QED) is 0.647. The third-order valence-corrected chi connectivity index (χ3v) is 2.20. The van der Waals surface area contributed by atoms with Crippen LogP contribution in [0.25, 0.3) is 0 Å². The lowest BCUT2D eigenvalue weighted by molar-refractivity contribution is 0.0672. The molecule has 2 atom stereocenters. The van der Waals surface area contributed by atoms with Crippen LogP contribution in [-0.4, -0.2) is 25.3 Å². The van der Waals surface area contributed by atoms with Crippen molar-refractivity contribution in [1.29, 1.82) is 0 Å². The first-order valence-corrected chi connectivity index (χ1v) is 4.77. The molecule has 0 spiro atoms. The standard InChI is InChI=1S/C10H19NO/c1-3-5-9(2)11-10-6-4-7-12-8-10/h3,9-11H,1,4-8H2,2H3. The first-order chi connectivity index (χ1) is 5.83. The van der Waals surface area contributed by atoms with Gasteiger partial charge in [-0.15, -0.1) is 6.58 Å². The second-order valence-corrected chi connectivity index (χ2v) is 3.51. The molecule has 0 aromatic heterocycles. The summed E-state index contributed by atoms with van der Waals surface area (Å²) in [7, 11) is 0. The van der Waals surface area contributed by atoms with Crippen molar-refractivity contribution >= 4 is 0 Å². The topological polar surface area (TPSA) is 21.3 Å². The Hall–Kier alpha value is -0.340. The summed E-state index contributed by atoms with van der Waals surface area (Å²) in [5, 5.41) is 3.52. The van der Waals surface area contributed by atoms with E-state index in [1.807, 2.05) is 6.08 Å². The van der Waals surface area contributed by atoms with Crippen molar-refractivity contribution in [3.8, 4) is 0 Å². The minimum Gasteiger partial charge on any atom is -0.380 e. The highest BCUT2D eigenvalue weighted by Gasteiger charge is 2.14. The molecule has 2 unspecified atom stereocenters. The summed E-state index contributed by atoms with van der Waals surface area (Å²) in [6.07, 6.45) is 5.44. The van der Waals surface area contributed by atoms with E-state index in [0.717, 1.165) is 19.6 Å². The monoisotopic (exact) mass is 169 g/mol. The minimum atomic E-state index is 0.536. The van der Waals surface area contributed by atoms with Gasteiger partial charge in [0.15, 0.2) is 0 Å². The highest BCUT2D eigenvalue weighted by atomic mass is 16.5. The van der Waals surface area contributed by atoms with Crippen molar-refractivity contribution in [3.63, 3.8) is 0 Å². The van der Waals surface area contributed by atoms with Crippen LogP contribution in [0.3, 0.4) is 0 Å². The molecule has 1 saturated heterocycles. The van der Waals surface area contributed by atoms with Crippen LogP contribution in [0.2, 0.25) is 0 Å². The molecule has 1 N–H and O–H groups in total. The Morgan fingerprint density at radius 1 is 1.75 bits per heavy atom. The third kappa shape index (κ3) is 3.37. The number of hydrogen-bond donors (Lipinski definition) is 1. The summed E-state index contributed by atoms with van der Waals surface area (Å²) in [5.74, 6) is 0. The van der Waals surface area contributed by atoms with Crippen LogP contribution >= 0.6 is 0 Å². The van der Waals surface area contributed by atoms with E-state index in [-0.39, 0.29) is 0 Å². The first kappa shape index (κ1) is 9.75. The smallest absolute Gasteiger partial charge is 0.0619 e. The summed E-state index contributed by atoms with van der Waals surface area (Å²) in [4.78, 5) is 0. The van der Waals surface area contributed by atoms with Gasteiger partial charge in [0.2, 0.25) is 0 Å². The molecular formula is C10H19NO. The zero-order valence-corrected chi connectivity index (χ0v) is 7.88. The van der Waals surface area contributed by atoms with Gasteiger partial charge in [0.1, 0.15) is 0 Å². The molecule has 1 aliphatic rings. The molecule has 0 bridgehead atoms. The highest BCUT2D eigenvalue weighted by Crippen LogP contribution is 2.07. The molecule has 0 radical (unpaired) electrons. The van der Waals surface area contributed by atoms with Gasteiger partial charge in [-0.05, 0) is 26.2 Å². The largest absolute Gasteiger partial charge is 0.380 e. The van der Waals surface area contributed by atoms with Crippen molar-refractivity contribution in [3.05, 3.63) is 12.7 Å². The second kappa shape index (κ2) is 5.33. The van der Waals surface area contributed by atoms with E-state index in [0.29, 0.717) is 12.1 Å². The highest BCUT2D eigenvalue weighted by molar-refractivity contribution is 4.79. The summed E-state index contributed by atoms with van der Waals surface area (Å²) in [5.41, 5.74) is 0. The second-order valence-electron chi connectivity index (χ2n) is 3.51. The van der Waals surface area contributed by atoms with Crippen molar-refractivity contribution in [2.45, 2.75) is 38.3 Å². The molecule has 0 amide bonds. The average Bonchev–Trinajstić information content (AvgIpc) is 2.06. The number of hydrogen-bond acceptors (Lipinski definition) is 2. The molecule has 0 saturated carbocycles. The molecule has 70 valence electrons. The maximum atomic E-state index is 5.37. The Morgan fingerprint density at radius 2 is 2.58 bits per heavy atom. The molecule has 12 heavy (non-hydrogen) atoms. The van der Waals surface area contributed by atoms with E-state index < -0.39 is 0 Å². The summed E-state index contributed by atoms with van der Waals surface area (Å²) in [6, 6.07) is 1.10. The molecule has 0 aromatic carbocycles. The summed E-state index contributed by atoms with van der Waals surface area (Å²) < 4.78 is 5.37. The predicted octanol–water partition coefficient (Wildman–Crippen LogP) is 1.72. The van der Waals surface area contributed by atoms with Crippen LogP contribution in [0.1, 0.15) is 26.2 Å². The van der Waals surface area contributed by atoms with Gasteiger partial charge in [0.25, 0.3) is 0 Å². The van der Waals surface area contributed by atoms with Crippen molar-refractivity contribution in [2.24, 2.45) is 0 Å². The Bertz CT molecular complexity index is 130. The van der Waals surface area contributed by atoms with Crippen molar-refractivity contribution in [2.75, 3.05) is 13.2 Å². The molecule has 0 aliphatic carbocycles. The molecular weight excluding hydrogens is 150 g/mol. The molecule has 2 heteroatoms. The van der Waals surface area contributed by atoms with Gasteiger partial charge < -0.3 is 10.1 Å². The number of rotatable bonds is 4. The Kier molecular flexibility index (Phi) is 4.33. The Labute approximate surface area is 75.0 Å². The zero-order valence-electron chi connectivity index (χ0n) is 7.88. The van der Waals surface area contributed by atoms with Crippen molar-refractivity contribution < 1.29 is 4.74 Å². The minimum absolute atomic E-state index is 0.536. The van der Waals surface area contributed by atoms with Crippen LogP contribution in [0, 0.1) is 0 Å². The summed E-state index contributed by atoms with van der Waals surface area (Å²) >= 11 is 0. The van der Waals surface area contributed by atoms with Gasteiger partial charge in [-0.2, -0.15) is 0 Å². The van der Waals surface area contributed by atoms with Gasteiger partial charge in [0, 0.05) is 18.7 Å². The number of ether oxygens (including phenoxy) is 1. The van der Waals surface area contributed by atoms with Gasteiger partial charge in [-0.3, -0.25) is 0 Å². The fraction of sp³-hybridized carbons (Fsp3) is 0.800. The zero-order chi connectivity index (χ0) is 8.81. The summed E-state index contributed by atoms with van der Waals surface area (Å²) in [6.45, 7) is 7.73. The van der Waals surface area contributed by atoms with Crippen LogP contribution < -0.4 is 5.32 Å². The van der Waals surface area contributed by atoms with Gasteiger partial charge in [-0.25, -0.2) is 0 Å². The van der Waals surface area contributed by atoms with Crippen LogP contribution in [0.5, 0.6) is 0 Å². The van der Waals surface area contributed by atoms with E-state index in [2.05, 4.69) is 18.8 Å². The lowest BCUT2D eigenvalue weighted by Gasteiger charge is -2.26. The number of nitrogens with one attached hydrogen (secondary N) is 1. The normalized spacial score (nSPS) is 26.6. The van der Waals surface area contributed by atoms with Crippen LogP contribution in [-0.2, 0) is 4.74 Å². The molecule has 1 fully saturated rings. The molecule has 1 heterocycles. The van der Waals surface area contributed by atoms with Gasteiger partial charge in [0.05, 0.1) is 6.61 Å². The molecule has 1 aliphatic heterocycles.